The molecule has 0 saturated carbocycles. The Bertz CT molecular complexity index is 794. The third-order valence-electron chi connectivity index (χ3n) is 4.05. The van der Waals surface area contributed by atoms with Crippen LogP contribution in [0.3, 0.4) is 0 Å². The van der Waals surface area contributed by atoms with Crippen molar-refractivity contribution >= 4 is 17.5 Å². The molecule has 24 heavy (non-hydrogen) atoms. The minimum Gasteiger partial charge on any atom is -0.454 e. The Labute approximate surface area is 138 Å². The van der Waals surface area contributed by atoms with Crippen molar-refractivity contribution in [2.45, 2.75) is 12.5 Å². The number of ether oxygens (including phenoxy) is 2. The number of benzene rings is 1. The van der Waals surface area contributed by atoms with E-state index in [0.717, 1.165) is 5.69 Å². The predicted octanol–water partition coefficient (Wildman–Crippen LogP) is 1.35. The van der Waals surface area contributed by atoms with Crippen LogP contribution in [0, 0.1) is 0 Å². The molecule has 0 bridgehead atoms. The summed E-state index contributed by atoms with van der Waals surface area (Å²) >= 11 is 0. The molecule has 1 saturated heterocycles. The van der Waals surface area contributed by atoms with E-state index in [1.165, 1.54) is 6.20 Å². The first-order valence-electron chi connectivity index (χ1n) is 7.61. The Morgan fingerprint density at radius 3 is 2.96 bits per heavy atom. The molecule has 2 amide bonds. The number of hydrogen-bond acceptors (Lipinski definition) is 5. The lowest BCUT2D eigenvalue weighted by Crippen LogP contribution is -2.37. The SMILES string of the molecule is O=C(NC1CC(=O)N(c2ccc3c(c2)OCO3)C1)c1cccnc1. The Balaban J connectivity index is 1.46. The molecule has 4 rings (SSSR count). The number of anilines is 1. The second-order valence-corrected chi connectivity index (χ2v) is 5.66. The highest BCUT2D eigenvalue weighted by atomic mass is 16.7. The van der Waals surface area contributed by atoms with E-state index in [0.29, 0.717) is 23.6 Å². The van der Waals surface area contributed by atoms with Gasteiger partial charge in [-0.25, -0.2) is 0 Å². The molecule has 7 heteroatoms. The zero-order valence-corrected chi connectivity index (χ0v) is 12.8. The second-order valence-electron chi connectivity index (χ2n) is 5.66. The van der Waals surface area contributed by atoms with Gasteiger partial charge in [0, 0.05) is 37.1 Å². The zero-order chi connectivity index (χ0) is 16.5. The number of nitrogens with one attached hydrogen (secondary N) is 1. The quantitative estimate of drug-likeness (QED) is 0.921. The summed E-state index contributed by atoms with van der Waals surface area (Å²) in [6.07, 6.45) is 3.37. The first-order valence-corrected chi connectivity index (χ1v) is 7.61. The molecule has 2 aliphatic heterocycles. The molecule has 2 aliphatic rings. The Morgan fingerprint density at radius 2 is 2.12 bits per heavy atom. The van der Waals surface area contributed by atoms with Crippen LogP contribution in [0.5, 0.6) is 11.5 Å². The van der Waals surface area contributed by atoms with E-state index >= 15 is 0 Å². The number of pyridine rings is 1. The van der Waals surface area contributed by atoms with Crippen LogP contribution in [0.25, 0.3) is 0 Å². The van der Waals surface area contributed by atoms with Gasteiger partial charge in [-0.2, -0.15) is 0 Å². The minimum atomic E-state index is -0.240. The molecule has 0 aliphatic carbocycles. The fourth-order valence-corrected chi connectivity index (χ4v) is 2.87. The van der Waals surface area contributed by atoms with Gasteiger partial charge in [0.15, 0.2) is 11.5 Å². The highest BCUT2D eigenvalue weighted by Gasteiger charge is 2.32. The zero-order valence-electron chi connectivity index (χ0n) is 12.8. The average molecular weight is 325 g/mol. The van der Waals surface area contributed by atoms with E-state index in [-0.39, 0.29) is 31.1 Å². The van der Waals surface area contributed by atoms with Crippen molar-refractivity contribution < 1.29 is 19.1 Å². The number of nitrogens with zero attached hydrogens (tertiary/aromatic N) is 2. The van der Waals surface area contributed by atoms with Gasteiger partial charge in [-0.15, -0.1) is 0 Å². The van der Waals surface area contributed by atoms with Crippen LogP contribution in [0.4, 0.5) is 5.69 Å². The summed E-state index contributed by atoms with van der Waals surface area (Å²) in [4.78, 5) is 30.1. The van der Waals surface area contributed by atoms with Crippen LogP contribution >= 0.6 is 0 Å². The molecule has 1 fully saturated rings. The van der Waals surface area contributed by atoms with Crippen molar-refractivity contribution in [3.05, 3.63) is 48.3 Å². The summed E-state index contributed by atoms with van der Waals surface area (Å²) in [6, 6.07) is 8.53. The molecule has 1 aromatic heterocycles. The summed E-state index contributed by atoms with van der Waals surface area (Å²) < 4.78 is 10.6. The average Bonchev–Trinajstić information content (AvgIpc) is 3.21. The summed E-state index contributed by atoms with van der Waals surface area (Å²) in [5.41, 5.74) is 1.22. The molecule has 1 atom stereocenters. The van der Waals surface area contributed by atoms with E-state index in [2.05, 4.69) is 10.3 Å². The van der Waals surface area contributed by atoms with Gasteiger partial charge in [0.05, 0.1) is 11.6 Å². The van der Waals surface area contributed by atoms with Crippen LogP contribution in [0.15, 0.2) is 42.7 Å². The molecule has 1 aromatic carbocycles. The maximum atomic E-state index is 12.3. The molecule has 0 spiro atoms. The lowest BCUT2D eigenvalue weighted by Gasteiger charge is -2.17. The van der Waals surface area contributed by atoms with E-state index in [9.17, 15) is 9.59 Å². The number of amides is 2. The molecular formula is C17H15N3O4. The van der Waals surface area contributed by atoms with Gasteiger partial charge < -0.3 is 19.7 Å². The number of carbonyl (C=O) groups excluding carboxylic acids is 2. The van der Waals surface area contributed by atoms with Crippen molar-refractivity contribution in [1.82, 2.24) is 10.3 Å². The lowest BCUT2D eigenvalue weighted by atomic mass is 10.2. The van der Waals surface area contributed by atoms with Gasteiger partial charge in [-0.1, -0.05) is 0 Å². The Hall–Kier alpha value is -3.09. The molecule has 0 radical (unpaired) electrons. The fraction of sp³-hybridized carbons (Fsp3) is 0.235. The highest BCUT2D eigenvalue weighted by Crippen LogP contribution is 2.36. The predicted molar refractivity (Wildman–Crippen MR) is 85.0 cm³/mol. The van der Waals surface area contributed by atoms with E-state index in [1.54, 1.807) is 35.4 Å². The van der Waals surface area contributed by atoms with Gasteiger partial charge in [-0.3, -0.25) is 14.6 Å². The third-order valence-corrected chi connectivity index (χ3v) is 4.05. The molecule has 3 heterocycles. The summed E-state index contributed by atoms with van der Waals surface area (Å²) in [7, 11) is 0. The number of hydrogen-bond donors (Lipinski definition) is 1. The molecule has 1 unspecified atom stereocenters. The van der Waals surface area contributed by atoms with Crippen LogP contribution in [-0.2, 0) is 4.79 Å². The van der Waals surface area contributed by atoms with Crippen molar-refractivity contribution in [1.29, 1.82) is 0 Å². The van der Waals surface area contributed by atoms with Gasteiger partial charge in [-0.05, 0) is 24.3 Å². The topological polar surface area (TPSA) is 80.8 Å². The Kier molecular flexibility index (Phi) is 3.53. The molecule has 1 N–H and O–H groups in total. The highest BCUT2D eigenvalue weighted by molar-refractivity contribution is 5.99. The monoisotopic (exact) mass is 325 g/mol. The number of aromatic nitrogens is 1. The molecule has 122 valence electrons. The smallest absolute Gasteiger partial charge is 0.253 e. The van der Waals surface area contributed by atoms with Crippen molar-refractivity contribution in [2.75, 3.05) is 18.2 Å². The van der Waals surface area contributed by atoms with E-state index < -0.39 is 0 Å². The minimum absolute atomic E-state index is 0.0367. The van der Waals surface area contributed by atoms with Gasteiger partial charge in [0.1, 0.15) is 0 Å². The van der Waals surface area contributed by atoms with Crippen molar-refractivity contribution in [3.63, 3.8) is 0 Å². The lowest BCUT2D eigenvalue weighted by molar-refractivity contribution is -0.117. The third kappa shape index (κ3) is 2.64. The summed E-state index contributed by atoms with van der Waals surface area (Å²) in [5, 5.41) is 2.88. The van der Waals surface area contributed by atoms with Gasteiger partial charge in [0.2, 0.25) is 12.7 Å². The fourth-order valence-electron chi connectivity index (χ4n) is 2.87. The summed E-state index contributed by atoms with van der Waals surface area (Å²) in [6.45, 7) is 0.612. The van der Waals surface area contributed by atoms with Gasteiger partial charge >= 0.3 is 0 Å². The number of carbonyl (C=O) groups is 2. The van der Waals surface area contributed by atoms with Crippen LogP contribution in [0.2, 0.25) is 0 Å². The van der Waals surface area contributed by atoms with E-state index in [4.69, 9.17) is 9.47 Å². The van der Waals surface area contributed by atoms with Crippen LogP contribution < -0.4 is 19.7 Å². The van der Waals surface area contributed by atoms with E-state index in [1.807, 2.05) is 6.07 Å². The second kappa shape index (κ2) is 5.84. The molecular weight excluding hydrogens is 310 g/mol. The van der Waals surface area contributed by atoms with Crippen LogP contribution in [0.1, 0.15) is 16.8 Å². The summed E-state index contributed by atoms with van der Waals surface area (Å²) in [5.74, 6) is 1.04. The largest absolute Gasteiger partial charge is 0.454 e. The Morgan fingerprint density at radius 1 is 1.25 bits per heavy atom. The van der Waals surface area contributed by atoms with Crippen LogP contribution in [-0.4, -0.2) is 36.2 Å². The number of fused-ring (bicyclic) bond motifs is 1. The standard InChI is InChI=1S/C17H15N3O4/c21-16-6-12(19-17(22)11-2-1-5-18-8-11)9-20(16)13-3-4-14-15(7-13)24-10-23-14/h1-5,7-8,12H,6,9-10H2,(H,19,22). The maximum Gasteiger partial charge on any atom is 0.253 e. The molecule has 7 nitrogen and oxygen atoms in total. The van der Waals surface area contributed by atoms with Crippen molar-refractivity contribution in [2.24, 2.45) is 0 Å². The first-order chi connectivity index (χ1) is 11.7. The van der Waals surface area contributed by atoms with Crippen molar-refractivity contribution in [3.8, 4) is 11.5 Å². The van der Waals surface area contributed by atoms with Gasteiger partial charge in [0.25, 0.3) is 5.91 Å². The first kappa shape index (κ1) is 14.5. The maximum absolute atomic E-state index is 12.3. The normalized spacial score (nSPS) is 18.8. The number of rotatable bonds is 3. The molecule has 2 aromatic rings.